The minimum absolute atomic E-state index is 0.0880. The molecule has 0 aliphatic carbocycles. The van der Waals surface area contributed by atoms with Crippen molar-refractivity contribution in [3.8, 4) is 45.1 Å². The molecular formula is C43H41N3O. The number of rotatable bonds is 4. The van der Waals surface area contributed by atoms with Gasteiger partial charge in [-0.15, -0.1) is 0 Å². The molecule has 0 atom stereocenters. The highest BCUT2D eigenvalue weighted by Crippen LogP contribution is 2.43. The lowest BCUT2D eigenvalue weighted by Crippen LogP contribution is -2.14. The number of hydrogen-bond acceptors (Lipinski definition) is 3. The van der Waals surface area contributed by atoms with Crippen LogP contribution in [0.1, 0.15) is 58.2 Å². The fraction of sp³-hybridized carbons (Fsp3) is 0.209. The first-order chi connectivity index (χ1) is 22.4. The van der Waals surface area contributed by atoms with E-state index in [1.165, 1.54) is 16.7 Å². The quantitative estimate of drug-likeness (QED) is 0.214. The maximum atomic E-state index is 11.3. The topological polar surface area (TPSA) is 50.9 Å². The van der Waals surface area contributed by atoms with Crippen LogP contribution in [0.4, 0.5) is 0 Å². The van der Waals surface area contributed by atoms with Crippen LogP contribution >= 0.6 is 0 Å². The van der Waals surface area contributed by atoms with Gasteiger partial charge in [-0.2, -0.15) is 0 Å². The number of hydrogen-bond donors (Lipinski definition) is 1. The highest BCUT2D eigenvalue weighted by atomic mass is 16.3. The number of phenolic OH excluding ortho intramolecular Hbond substituents is 1. The summed E-state index contributed by atoms with van der Waals surface area (Å²) in [5.74, 6) is 0.923. The first kappa shape index (κ1) is 30.4. The van der Waals surface area contributed by atoms with E-state index >= 15 is 0 Å². The molecule has 0 spiro atoms. The summed E-state index contributed by atoms with van der Waals surface area (Å²) in [7, 11) is 0. The van der Waals surface area contributed by atoms with Crippen molar-refractivity contribution < 1.29 is 5.11 Å². The lowest BCUT2D eigenvalue weighted by Gasteiger charge is -2.25. The predicted molar refractivity (Wildman–Crippen MR) is 196 cm³/mol. The van der Waals surface area contributed by atoms with Crippen molar-refractivity contribution in [2.24, 2.45) is 0 Å². The second-order valence-corrected chi connectivity index (χ2v) is 14.6. The molecule has 47 heavy (non-hydrogen) atoms. The first-order valence-corrected chi connectivity index (χ1v) is 16.3. The number of imidazole rings is 1. The standard InChI is InChI=1S/C43H41N3O/c1-27-34(33-19-11-14-28-15-13-23-44-39(28)33)24-29(25-36(27)43(5,6)7)32-18-12-20-37-40(32)45-41(46(37)31-16-9-8-10-17-31)35-26-30(42(2,3)4)21-22-38(35)47/h8-26,47H,1-7H3. The lowest BCUT2D eigenvalue weighted by molar-refractivity contribution is 0.475. The third-order valence-electron chi connectivity index (χ3n) is 9.25. The van der Waals surface area contributed by atoms with Crippen LogP contribution in [0.5, 0.6) is 5.75 Å². The van der Waals surface area contributed by atoms with E-state index in [0.717, 1.165) is 49.9 Å². The summed E-state index contributed by atoms with van der Waals surface area (Å²) >= 11 is 0. The molecule has 2 heterocycles. The van der Waals surface area contributed by atoms with Crippen molar-refractivity contribution in [3.63, 3.8) is 0 Å². The van der Waals surface area contributed by atoms with Crippen molar-refractivity contribution in [2.75, 3.05) is 0 Å². The molecule has 0 aliphatic heterocycles. The van der Waals surface area contributed by atoms with E-state index in [1.807, 2.05) is 36.5 Å². The Labute approximate surface area is 277 Å². The van der Waals surface area contributed by atoms with Crippen LogP contribution in [-0.4, -0.2) is 19.6 Å². The number of para-hydroxylation sites is 3. The third-order valence-corrected chi connectivity index (χ3v) is 9.25. The second kappa shape index (κ2) is 11.2. The molecular weight excluding hydrogens is 574 g/mol. The average molecular weight is 616 g/mol. The summed E-state index contributed by atoms with van der Waals surface area (Å²) in [6.45, 7) is 15.6. The number of pyridine rings is 1. The minimum Gasteiger partial charge on any atom is -0.507 e. The van der Waals surface area contributed by atoms with E-state index in [9.17, 15) is 5.11 Å². The van der Waals surface area contributed by atoms with Gasteiger partial charge in [-0.25, -0.2) is 4.98 Å². The van der Waals surface area contributed by atoms with E-state index in [4.69, 9.17) is 9.97 Å². The maximum Gasteiger partial charge on any atom is 0.149 e. The third kappa shape index (κ3) is 5.38. The zero-order chi connectivity index (χ0) is 33.1. The number of benzene rings is 5. The van der Waals surface area contributed by atoms with Gasteiger partial charge in [-0.3, -0.25) is 9.55 Å². The van der Waals surface area contributed by atoms with E-state index in [1.54, 1.807) is 6.07 Å². The predicted octanol–water partition coefficient (Wildman–Crippen LogP) is 11.2. The van der Waals surface area contributed by atoms with Crippen LogP contribution in [0.25, 0.3) is 61.3 Å². The minimum atomic E-state index is -0.0888. The SMILES string of the molecule is Cc1c(-c2cccc3cccnc23)cc(-c2cccc3c2nc(-c2cc(C(C)(C)C)ccc2O)n3-c2ccccc2)cc1C(C)(C)C. The molecule has 0 aliphatic rings. The van der Waals surface area contributed by atoms with Gasteiger partial charge in [-0.1, -0.05) is 108 Å². The Kier molecular flexibility index (Phi) is 7.28. The molecule has 1 N–H and O–H groups in total. The molecule has 234 valence electrons. The van der Waals surface area contributed by atoms with Crippen LogP contribution < -0.4 is 0 Å². The molecule has 0 saturated carbocycles. The van der Waals surface area contributed by atoms with Gasteiger partial charge in [0.2, 0.25) is 0 Å². The smallest absolute Gasteiger partial charge is 0.149 e. The van der Waals surface area contributed by atoms with E-state index in [-0.39, 0.29) is 16.6 Å². The monoisotopic (exact) mass is 615 g/mol. The fourth-order valence-electron chi connectivity index (χ4n) is 6.78. The highest BCUT2D eigenvalue weighted by Gasteiger charge is 2.25. The van der Waals surface area contributed by atoms with Gasteiger partial charge in [-0.05, 0) is 88.0 Å². The Morgan fingerprint density at radius 2 is 1.34 bits per heavy atom. The number of fused-ring (bicyclic) bond motifs is 2. The van der Waals surface area contributed by atoms with E-state index < -0.39 is 0 Å². The molecule has 2 aromatic heterocycles. The van der Waals surface area contributed by atoms with Crippen LogP contribution in [0, 0.1) is 6.92 Å². The average Bonchev–Trinajstić information content (AvgIpc) is 3.44. The van der Waals surface area contributed by atoms with Gasteiger partial charge in [0.1, 0.15) is 11.6 Å². The Balaban J connectivity index is 1.55. The van der Waals surface area contributed by atoms with Gasteiger partial charge in [0.05, 0.1) is 22.1 Å². The zero-order valence-corrected chi connectivity index (χ0v) is 28.3. The van der Waals surface area contributed by atoms with Crippen LogP contribution in [-0.2, 0) is 10.8 Å². The molecule has 0 fully saturated rings. The maximum absolute atomic E-state index is 11.3. The molecule has 7 aromatic rings. The second-order valence-electron chi connectivity index (χ2n) is 14.6. The summed E-state index contributed by atoms with van der Waals surface area (Å²) in [5, 5.41) is 12.4. The molecule has 0 radical (unpaired) electrons. The number of nitrogens with zero attached hydrogens (tertiary/aromatic N) is 3. The van der Waals surface area contributed by atoms with E-state index in [2.05, 4.69) is 126 Å². The van der Waals surface area contributed by atoms with Gasteiger partial charge in [0.25, 0.3) is 0 Å². The number of aromatic nitrogens is 3. The molecule has 0 unspecified atom stereocenters. The Hall–Kier alpha value is -5.22. The normalized spacial score (nSPS) is 12.2. The van der Waals surface area contributed by atoms with Crippen molar-refractivity contribution >= 4 is 21.9 Å². The molecule has 7 rings (SSSR count). The molecule has 5 aromatic carbocycles. The van der Waals surface area contributed by atoms with Crippen LogP contribution in [0.15, 0.2) is 115 Å². The fourth-order valence-corrected chi connectivity index (χ4v) is 6.78. The van der Waals surface area contributed by atoms with E-state index in [0.29, 0.717) is 11.4 Å². The summed E-state index contributed by atoms with van der Waals surface area (Å²) in [6.07, 6.45) is 1.87. The molecule has 4 nitrogen and oxygen atoms in total. The number of phenols is 1. The van der Waals surface area contributed by atoms with Crippen LogP contribution in [0.2, 0.25) is 0 Å². The van der Waals surface area contributed by atoms with Crippen molar-refractivity contribution in [1.82, 2.24) is 14.5 Å². The first-order valence-electron chi connectivity index (χ1n) is 16.3. The summed E-state index contributed by atoms with van der Waals surface area (Å²) < 4.78 is 2.18. The highest BCUT2D eigenvalue weighted by molar-refractivity contribution is 5.99. The van der Waals surface area contributed by atoms with Crippen molar-refractivity contribution in [2.45, 2.75) is 59.3 Å². The van der Waals surface area contributed by atoms with Gasteiger partial charge < -0.3 is 5.11 Å². The van der Waals surface area contributed by atoms with Gasteiger partial charge >= 0.3 is 0 Å². The number of aromatic hydroxyl groups is 1. The summed E-state index contributed by atoms with van der Waals surface area (Å²) in [6, 6.07) is 37.8. The molecule has 0 bridgehead atoms. The summed E-state index contributed by atoms with van der Waals surface area (Å²) in [4.78, 5) is 10.2. The molecule has 0 saturated heterocycles. The largest absolute Gasteiger partial charge is 0.507 e. The summed E-state index contributed by atoms with van der Waals surface area (Å²) in [5.41, 5.74) is 12.5. The Morgan fingerprint density at radius 1 is 0.617 bits per heavy atom. The lowest BCUT2D eigenvalue weighted by atomic mass is 9.79. The van der Waals surface area contributed by atoms with Crippen molar-refractivity contribution in [3.05, 3.63) is 132 Å². The zero-order valence-electron chi connectivity index (χ0n) is 28.3. The van der Waals surface area contributed by atoms with Crippen LogP contribution in [0.3, 0.4) is 0 Å². The molecule has 0 amide bonds. The van der Waals surface area contributed by atoms with Gasteiger partial charge in [0.15, 0.2) is 0 Å². The Bertz CT molecular complexity index is 2280. The van der Waals surface area contributed by atoms with Crippen molar-refractivity contribution in [1.29, 1.82) is 0 Å². The molecule has 4 heteroatoms. The Morgan fingerprint density at radius 3 is 2.09 bits per heavy atom. The van der Waals surface area contributed by atoms with Gasteiger partial charge in [0, 0.05) is 28.4 Å².